The van der Waals surface area contributed by atoms with E-state index in [2.05, 4.69) is 42.6 Å². The summed E-state index contributed by atoms with van der Waals surface area (Å²) in [4.78, 5) is 12.8. The Morgan fingerprint density at radius 1 is 1.25 bits per heavy atom. The molecular weight excluding hydrogens is 522 g/mol. The molecule has 0 unspecified atom stereocenters. The van der Waals surface area contributed by atoms with Gasteiger partial charge in [-0.05, 0) is 24.4 Å². The second-order valence-corrected chi connectivity index (χ2v) is 7.90. The number of thiazole rings is 1. The molecule has 1 aliphatic heterocycles. The van der Waals surface area contributed by atoms with Gasteiger partial charge in [0, 0.05) is 51.1 Å². The van der Waals surface area contributed by atoms with E-state index in [1.165, 1.54) is 5.00 Å². The fourth-order valence-corrected chi connectivity index (χ4v) is 4.41. The zero-order valence-corrected chi connectivity index (χ0v) is 19.4. The normalized spacial score (nSPS) is 15.5. The average molecular weight is 545 g/mol. The van der Waals surface area contributed by atoms with Gasteiger partial charge in [0.15, 0.2) is 11.7 Å². The molecule has 1 saturated heterocycles. The minimum atomic E-state index is -4.38. The predicted molar refractivity (Wildman–Crippen MR) is 120 cm³/mol. The van der Waals surface area contributed by atoms with E-state index >= 15 is 0 Å². The molecule has 28 heavy (non-hydrogen) atoms. The third-order valence-corrected chi connectivity index (χ3v) is 6.00. The van der Waals surface area contributed by atoms with Crippen molar-refractivity contribution >= 4 is 57.6 Å². The summed E-state index contributed by atoms with van der Waals surface area (Å²) in [6, 6.07) is 4.18. The van der Waals surface area contributed by atoms with Gasteiger partial charge in [-0.15, -0.1) is 46.7 Å². The number of nitrogens with zero attached hydrogens (tertiary/aromatic N) is 4. The van der Waals surface area contributed by atoms with Crippen molar-refractivity contribution in [2.75, 3.05) is 44.2 Å². The van der Waals surface area contributed by atoms with Crippen molar-refractivity contribution in [3.8, 4) is 0 Å². The topological polar surface area (TPSA) is 43.8 Å². The quantitative estimate of drug-likeness (QED) is 0.348. The van der Waals surface area contributed by atoms with E-state index in [0.29, 0.717) is 18.0 Å². The molecule has 0 spiro atoms. The maximum absolute atomic E-state index is 12.6. The van der Waals surface area contributed by atoms with Gasteiger partial charge in [0.25, 0.3) is 0 Å². The first-order chi connectivity index (χ1) is 13.0. The fourth-order valence-electron chi connectivity index (χ4n) is 2.83. The molecule has 0 bridgehead atoms. The van der Waals surface area contributed by atoms with E-state index in [4.69, 9.17) is 0 Å². The van der Waals surface area contributed by atoms with Crippen molar-refractivity contribution < 1.29 is 13.2 Å². The summed E-state index contributed by atoms with van der Waals surface area (Å²) in [5.41, 5.74) is -0.817. The molecule has 0 atom stereocenters. The van der Waals surface area contributed by atoms with Gasteiger partial charge < -0.3 is 15.1 Å². The summed E-state index contributed by atoms with van der Waals surface area (Å²) < 4.78 is 37.9. The number of anilines is 1. The number of hydrogen-bond acceptors (Lipinski definition) is 5. The summed E-state index contributed by atoms with van der Waals surface area (Å²) in [6.45, 7) is 6.74. The van der Waals surface area contributed by atoms with Crippen LogP contribution in [0.2, 0.25) is 0 Å². The Labute approximate surface area is 187 Å². The summed E-state index contributed by atoms with van der Waals surface area (Å²) in [5.74, 6) is 0.816. The molecule has 1 N–H and O–H groups in total. The van der Waals surface area contributed by atoms with Crippen LogP contribution in [0.5, 0.6) is 0 Å². The van der Waals surface area contributed by atoms with E-state index in [1.807, 2.05) is 6.92 Å². The molecule has 5 nitrogen and oxygen atoms in total. The van der Waals surface area contributed by atoms with Crippen LogP contribution in [0.25, 0.3) is 0 Å². The highest BCUT2D eigenvalue weighted by Crippen LogP contribution is 2.30. The first-order valence-corrected chi connectivity index (χ1v) is 10.6. The fraction of sp³-hybridized carbons (Fsp3) is 0.529. The molecule has 0 aromatic carbocycles. The first-order valence-electron chi connectivity index (χ1n) is 8.80. The van der Waals surface area contributed by atoms with Crippen LogP contribution in [0.1, 0.15) is 17.6 Å². The molecule has 11 heteroatoms. The smallest absolute Gasteiger partial charge is 0.360 e. The predicted octanol–water partition coefficient (Wildman–Crippen LogP) is 4.17. The Morgan fingerprint density at radius 3 is 2.57 bits per heavy atom. The van der Waals surface area contributed by atoms with E-state index in [1.54, 1.807) is 11.3 Å². The van der Waals surface area contributed by atoms with Crippen LogP contribution in [-0.2, 0) is 12.6 Å². The molecular formula is C17H23F3IN5S2. The Morgan fingerprint density at radius 2 is 2.00 bits per heavy atom. The number of piperazine rings is 1. The molecule has 156 valence electrons. The summed E-state index contributed by atoms with van der Waals surface area (Å²) in [5, 5.41) is 8.16. The molecule has 0 aliphatic carbocycles. The Balaban J connectivity index is 0.00000280. The number of guanidine groups is 1. The molecule has 2 aromatic rings. The molecule has 0 amide bonds. The maximum Gasteiger partial charge on any atom is 0.434 e. The van der Waals surface area contributed by atoms with Gasteiger partial charge in [0.2, 0.25) is 0 Å². The Hall–Kier alpha value is -1.08. The van der Waals surface area contributed by atoms with Crippen molar-refractivity contribution in [2.45, 2.75) is 19.5 Å². The monoisotopic (exact) mass is 545 g/mol. The van der Waals surface area contributed by atoms with Gasteiger partial charge in [-0.1, -0.05) is 0 Å². The average Bonchev–Trinajstić information content (AvgIpc) is 3.33. The van der Waals surface area contributed by atoms with Gasteiger partial charge in [-0.3, -0.25) is 4.99 Å². The van der Waals surface area contributed by atoms with Crippen molar-refractivity contribution in [1.29, 1.82) is 0 Å². The summed E-state index contributed by atoms with van der Waals surface area (Å²) in [7, 11) is 0. The van der Waals surface area contributed by atoms with Gasteiger partial charge in [0.05, 0.1) is 10.0 Å². The van der Waals surface area contributed by atoms with Crippen LogP contribution in [-0.4, -0.2) is 55.1 Å². The number of halogens is 4. The molecule has 3 rings (SSSR count). The largest absolute Gasteiger partial charge is 0.434 e. The number of aromatic nitrogens is 1. The lowest BCUT2D eigenvalue weighted by molar-refractivity contribution is -0.140. The van der Waals surface area contributed by atoms with Gasteiger partial charge >= 0.3 is 6.18 Å². The summed E-state index contributed by atoms with van der Waals surface area (Å²) >= 11 is 2.78. The van der Waals surface area contributed by atoms with E-state index < -0.39 is 11.9 Å². The highest BCUT2D eigenvalue weighted by atomic mass is 127. The number of thiophene rings is 1. The Kier molecular flexibility index (Phi) is 8.81. The SMILES string of the molecule is CCNC(=NCCc1nc(C(F)(F)F)cs1)N1CCN(c2cccs2)CC1.I. The van der Waals surface area contributed by atoms with Crippen molar-refractivity contribution in [1.82, 2.24) is 15.2 Å². The van der Waals surface area contributed by atoms with Crippen LogP contribution < -0.4 is 10.2 Å². The molecule has 2 aromatic heterocycles. The van der Waals surface area contributed by atoms with E-state index in [9.17, 15) is 13.2 Å². The van der Waals surface area contributed by atoms with Crippen molar-refractivity contribution in [3.05, 3.63) is 33.6 Å². The number of hydrogen-bond donors (Lipinski definition) is 1. The summed E-state index contributed by atoms with van der Waals surface area (Å²) in [6.07, 6.45) is -3.97. The molecule has 0 radical (unpaired) electrons. The molecule has 3 heterocycles. The minimum absolute atomic E-state index is 0. The number of rotatable bonds is 5. The third-order valence-electron chi connectivity index (χ3n) is 4.16. The molecule has 1 aliphatic rings. The van der Waals surface area contributed by atoms with Crippen LogP contribution in [0.15, 0.2) is 27.9 Å². The number of alkyl halides is 3. The van der Waals surface area contributed by atoms with Gasteiger partial charge in [0.1, 0.15) is 0 Å². The van der Waals surface area contributed by atoms with E-state index in [0.717, 1.165) is 55.4 Å². The van der Waals surface area contributed by atoms with Crippen LogP contribution in [0.3, 0.4) is 0 Å². The third kappa shape index (κ3) is 6.21. The van der Waals surface area contributed by atoms with E-state index in [-0.39, 0.29) is 24.0 Å². The lowest BCUT2D eigenvalue weighted by atomic mass is 10.3. The Bertz CT molecular complexity index is 740. The van der Waals surface area contributed by atoms with Crippen LogP contribution >= 0.6 is 46.7 Å². The first kappa shape index (κ1) is 23.2. The lowest BCUT2D eigenvalue weighted by Crippen LogP contribution is -2.52. The van der Waals surface area contributed by atoms with Crippen molar-refractivity contribution in [2.24, 2.45) is 4.99 Å². The van der Waals surface area contributed by atoms with Crippen LogP contribution in [0.4, 0.5) is 18.2 Å². The second kappa shape index (κ2) is 10.6. The second-order valence-electron chi connectivity index (χ2n) is 6.04. The lowest BCUT2D eigenvalue weighted by Gasteiger charge is -2.37. The molecule has 0 saturated carbocycles. The van der Waals surface area contributed by atoms with Crippen molar-refractivity contribution in [3.63, 3.8) is 0 Å². The van der Waals surface area contributed by atoms with Gasteiger partial charge in [-0.25, -0.2) is 4.98 Å². The minimum Gasteiger partial charge on any atom is -0.360 e. The highest BCUT2D eigenvalue weighted by molar-refractivity contribution is 14.0. The maximum atomic E-state index is 12.6. The zero-order valence-electron chi connectivity index (χ0n) is 15.4. The zero-order chi connectivity index (χ0) is 19.3. The number of nitrogens with one attached hydrogen (secondary N) is 1. The number of aliphatic imine (C=N–C) groups is 1. The molecule has 1 fully saturated rings. The highest BCUT2D eigenvalue weighted by Gasteiger charge is 2.33. The standard InChI is InChI=1S/C17H22F3N5S2.HI/c1-2-21-16(22-6-5-14-23-13(12-27-14)17(18,19)20)25-9-7-24(8-10-25)15-4-3-11-26-15;/h3-4,11-12H,2,5-10H2,1H3,(H,21,22);1H. The van der Waals surface area contributed by atoms with Gasteiger partial charge in [-0.2, -0.15) is 13.2 Å². The van der Waals surface area contributed by atoms with Crippen LogP contribution in [0, 0.1) is 0 Å².